The van der Waals surface area contributed by atoms with Gasteiger partial charge in [-0.1, -0.05) is 18.9 Å². The molecule has 5 heteroatoms. The number of rotatable bonds is 3. The van der Waals surface area contributed by atoms with Crippen molar-refractivity contribution in [2.24, 2.45) is 5.41 Å². The average molecular weight is 318 g/mol. The average Bonchev–Trinajstić information content (AvgIpc) is 3.26. The molecule has 0 aromatic carbocycles. The van der Waals surface area contributed by atoms with Gasteiger partial charge in [-0.05, 0) is 37.1 Å². The van der Waals surface area contributed by atoms with Crippen molar-refractivity contribution in [3.8, 4) is 0 Å². The summed E-state index contributed by atoms with van der Waals surface area (Å²) in [4.78, 5) is 30.4. The van der Waals surface area contributed by atoms with E-state index in [4.69, 9.17) is 0 Å². The molecule has 2 saturated heterocycles. The van der Waals surface area contributed by atoms with Gasteiger partial charge < -0.3 is 0 Å². The van der Waals surface area contributed by atoms with E-state index in [2.05, 4.69) is 22.4 Å². The van der Waals surface area contributed by atoms with Crippen LogP contribution < -0.4 is 0 Å². The SMILES string of the molecule is O=C1CC2(CCCC2)C(=O)N1CN1CCCC1c1cccs1. The maximum absolute atomic E-state index is 12.8. The lowest BCUT2D eigenvalue weighted by atomic mass is 9.85. The van der Waals surface area contributed by atoms with Crippen molar-refractivity contribution >= 4 is 23.2 Å². The third kappa shape index (κ3) is 2.22. The summed E-state index contributed by atoms with van der Waals surface area (Å²) in [7, 11) is 0. The molecule has 0 bridgehead atoms. The highest BCUT2D eigenvalue weighted by Crippen LogP contribution is 2.47. The van der Waals surface area contributed by atoms with Crippen molar-refractivity contribution in [3.05, 3.63) is 22.4 Å². The van der Waals surface area contributed by atoms with Crippen molar-refractivity contribution in [2.45, 2.75) is 51.0 Å². The second kappa shape index (κ2) is 5.46. The van der Waals surface area contributed by atoms with Gasteiger partial charge >= 0.3 is 0 Å². The highest BCUT2D eigenvalue weighted by atomic mass is 32.1. The van der Waals surface area contributed by atoms with Crippen molar-refractivity contribution < 1.29 is 9.59 Å². The fourth-order valence-corrected chi connectivity index (χ4v) is 5.32. The summed E-state index contributed by atoms with van der Waals surface area (Å²) >= 11 is 1.77. The zero-order valence-corrected chi connectivity index (χ0v) is 13.6. The summed E-state index contributed by atoms with van der Waals surface area (Å²) in [5, 5.41) is 2.10. The zero-order chi connectivity index (χ0) is 15.2. The quantitative estimate of drug-likeness (QED) is 0.804. The molecule has 4 nitrogen and oxygen atoms in total. The number of imide groups is 1. The molecule has 3 fully saturated rings. The number of hydrogen-bond donors (Lipinski definition) is 0. The largest absolute Gasteiger partial charge is 0.278 e. The molecule has 0 radical (unpaired) electrons. The highest BCUT2D eigenvalue weighted by Gasteiger charge is 2.53. The molecule has 4 rings (SSSR count). The van der Waals surface area contributed by atoms with Crippen molar-refractivity contribution in [1.82, 2.24) is 9.80 Å². The molecule has 118 valence electrons. The van der Waals surface area contributed by atoms with Crippen LogP contribution in [0.25, 0.3) is 0 Å². The van der Waals surface area contributed by atoms with E-state index < -0.39 is 0 Å². The Bertz CT molecular complexity index is 577. The van der Waals surface area contributed by atoms with Gasteiger partial charge in [0.25, 0.3) is 0 Å². The molecule has 1 aromatic heterocycles. The Balaban J connectivity index is 1.51. The van der Waals surface area contributed by atoms with Gasteiger partial charge in [-0.25, -0.2) is 0 Å². The minimum Gasteiger partial charge on any atom is -0.278 e. The summed E-state index contributed by atoms with van der Waals surface area (Å²) < 4.78 is 0. The predicted molar refractivity (Wildman–Crippen MR) is 85.2 cm³/mol. The number of carbonyl (C=O) groups excluding carboxylic acids is 2. The second-order valence-electron chi connectivity index (χ2n) is 6.92. The number of amides is 2. The smallest absolute Gasteiger partial charge is 0.237 e. The summed E-state index contributed by atoms with van der Waals surface area (Å²) in [6, 6.07) is 4.62. The van der Waals surface area contributed by atoms with Gasteiger partial charge in [-0.3, -0.25) is 19.4 Å². The van der Waals surface area contributed by atoms with Gasteiger partial charge in [0.1, 0.15) is 0 Å². The Labute approximate surface area is 135 Å². The number of carbonyl (C=O) groups is 2. The molecular weight excluding hydrogens is 296 g/mol. The van der Waals surface area contributed by atoms with E-state index in [1.54, 1.807) is 16.2 Å². The van der Waals surface area contributed by atoms with E-state index in [0.29, 0.717) is 19.1 Å². The van der Waals surface area contributed by atoms with Gasteiger partial charge in [0, 0.05) is 23.9 Å². The minimum atomic E-state index is -0.338. The van der Waals surface area contributed by atoms with E-state index >= 15 is 0 Å². The predicted octanol–water partition coefficient (Wildman–Crippen LogP) is 3.16. The summed E-state index contributed by atoms with van der Waals surface area (Å²) in [6.45, 7) is 1.47. The Morgan fingerprint density at radius 1 is 1.23 bits per heavy atom. The normalized spacial score (nSPS) is 28.4. The van der Waals surface area contributed by atoms with Crippen molar-refractivity contribution in [3.63, 3.8) is 0 Å². The van der Waals surface area contributed by atoms with Crippen LogP contribution in [0.1, 0.15) is 55.9 Å². The molecule has 22 heavy (non-hydrogen) atoms. The molecule has 1 aromatic rings. The molecule has 1 atom stereocenters. The van der Waals surface area contributed by atoms with Crippen LogP contribution in [0.2, 0.25) is 0 Å². The first-order valence-corrected chi connectivity index (χ1v) is 9.20. The first-order valence-electron chi connectivity index (χ1n) is 8.32. The van der Waals surface area contributed by atoms with E-state index in [0.717, 1.165) is 45.1 Å². The standard InChI is InChI=1S/C17H22N2O2S/c20-15-11-17(7-1-2-8-17)16(21)19(15)12-18-9-3-5-13(18)14-6-4-10-22-14/h4,6,10,13H,1-3,5,7-9,11-12H2. The van der Waals surface area contributed by atoms with Crippen LogP contribution in [-0.4, -0.2) is 34.8 Å². The lowest BCUT2D eigenvalue weighted by Crippen LogP contribution is -2.42. The third-order valence-electron chi connectivity index (χ3n) is 5.61. The van der Waals surface area contributed by atoms with Crippen LogP contribution in [-0.2, 0) is 9.59 Å². The fraction of sp³-hybridized carbons (Fsp3) is 0.647. The van der Waals surface area contributed by atoms with Gasteiger partial charge in [0.15, 0.2) is 0 Å². The summed E-state index contributed by atoms with van der Waals surface area (Å²) in [5.74, 6) is 0.149. The minimum absolute atomic E-state index is 0.0451. The maximum Gasteiger partial charge on any atom is 0.237 e. The number of likely N-dealkylation sites (tertiary alicyclic amines) is 2. The van der Waals surface area contributed by atoms with Crippen LogP contribution in [0.3, 0.4) is 0 Å². The summed E-state index contributed by atoms with van der Waals surface area (Å²) in [5.41, 5.74) is -0.338. The molecule has 1 spiro atoms. The molecule has 1 saturated carbocycles. The van der Waals surface area contributed by atoms with E-state index in [-0.39, 0.29) is 17.2 Å². The first kappa shape index (κ1) is 14.4. The van der Waals surface area contributed by atoms with E-state index in [9.17, 15) is 9.59 Å². The lowest BCUT2D eigenvalue weighted by molar-refractivity contribution is -0.144. The van der Waals surface area contributed by atoms with Crippen molar-refractivity contribution in [1.29, 1.82) is 0 Å². The molecule has 3 aliphatic rings. The monoisotopic (exact) mass is 318 g/mol. The van der Waals surface area contributed by atoms with Crippen LogP contribution in [0.4, 0.5) is 0 Å². The van der Waals surface area contributed by atoms with Crippen LogP contribution in [0, 0.1) is 5.41 Å². The molecule has 1 unspecified atom stereocenters. The van der Waals surface area contributed by atoms with Gasteiger partial charge in [-0.15, -0.1) is 11.3 Å². The molecule has 0 N–H and O–H groups in total. The molecule has 2 aliphatic heterocycles. The van der Waals surface area contributed by atoms with Gasteiger partial charge in [0.05, 0.1) is 12.1 Å². The highest BCUT2D eigenvalue weighted by molar-refractivity contribution is 7.10. The second-order valence-corrected chi connectivity index (χ2v) is 7.90. The lowest BCUT2D eigenvalue weighted by Gasteiger charge is -2.29. The van der Waals surface area contributed by atoms with E-state index in [1.807, 2.05) is 0 Å². The molecule has 1 aliphatic carbocycles. The number of thiophene rings is 1. The van der Waals surface area contributed by atoms with Crippen LogP contribution >= 0.6 is 11.3 Å². The Kier molecular flexibility index (Phi) is 3.57. The molecular formula is C17H22N2O2S. The Morgan fingerprint density at radius 3 is 2.77 bits per heavy atom. The summed E-state index contributed by atoms with van der Waals surface area (Å²) in [6.07, 6.45) is 6.71. The zero-order valence-electron chi connectivity index (χ0n) is 12.8. The molecule has 3 heterocycles. The van der Waals surface area contributed by atoms with Gasteiger partial charge in [-0.2, -0.15) is 0 Å². The number of nitrogens with zero attached hydrogens (tertiary/aromatic N) is 2. The Morgan fingerprint density at radius 2 is 2.05 bits per heavy atom. The van der Waals surface area contributed by atoms with E-state index in [1.165, 1.54) is 4.88 Å². The first-order chi connectivity index (χ1) is 10.7. The van der Waals surface area contributed by atoms with Crippen LogP contribution in [0.15, 0.2) is 17.5 Å². The fourth-order valence-electron chi connectivity index (χ4n) is 4.43. The molecule has 2 amide bonds. The topological polar surface area (TPSA) is 40.6 Å². The third-order valence-corrected chi connectivity index (χ3v) is 6.58. The maximum atomic E-state index is 12.8. The van der Waals surface area contributed by atoms with Crippen molar-refractivity contribution in [2.75, 3.05) is 13.2 Å². The Hall–Kier alpha value is -1.20. The van der Waals surface area contributed by atoms with Gasteiger partial charge in [0.2, 0.25) is 11.8 Å². The van der Waals surface area contributed by atoms with Crippen LogP contribution in [0.5, 0.6) is 0 Å². The number of hydrogen-bond acceptors (Lipinski definition) is 4.